The number of aromatic carboxylic acids is 1. The number of sulfonamides is 1. The number of nitrogens with two attached hydrogens (primary N) is 1. The van der Waals surface area contributed by atoms with Gasteiger partial charge in [0.05, 0.1) is 16.1 Å². The Morgan fingerprint density at radius 1 is 1.25 bits per heavy atom. The van der Waals surface area contributed by atoms with E-state index < -0.39 is 16.0 Å². The lowest BCUT2D eigenvalue weighted by molar-refractivity contribution is 0.0697. The number of benzene rings is 1. The van der Waals surface area contributed by atoms with Crippen LogP contribution < -0.4 is 10.6 Å². The first-order valence-electron chi connectivity index (χ1n) is 6.29. The molecule has 1 aromatic carbocycles. The molecule has 0 saturated carbocycles. The fraction of sp³-hybridized carbons (Fsp3) is 0.417. The van der Waals surface area contributed by atoms with E-state index in [1.54, 1.807) is 0 Å². The SMILES string of the molecule is NS(=O)(=O)c1ccc(NN2CCCCC2)c(C(=O)O)c1. The van der Waals surface area contributed by atoms with Gasteiger partial charge in [-0.05, 0) is 31.0 Å². The van der Waals surface area contributed by atoms with Crippen LogP contribution in [0.15, 0.2) is 23.1 Å². The summed E-state index contributed by atoms with van der Waals surface area (Å²) in [6.07, 6.45) is 3.25. The second-order valence-corrected chi connectivity index (χ2v) is 6.28. The summed E-state index contributed by atoms with van der Waals surface area (Å²) in [5.41, 5.74) is 3.28. The second-order valence-electron chi connectivity index (χ2n) is 4.72. The number of piperidine rings is 1. The van der Waals surface area contributed by atoms with Crippen molar-refractivity contribution in [2.24, 2.45) is 5.14 Å². The Labute approximate surface area is 117 Å². The molecule has 8 heteroatoms. The summed E-state index contributed by atoms with van der Waals surface area (Å²) < 4.78 is 22.5. The molecular formula is C12H17N3O4S. The minimum Gasteiger partial charge on any atom is -0.478 e. The summed E-state index contributed by atoms with van der Waals surface area (Å²) in [5.74, 6) is -1.20. The van der Waals surface area contributed by atoms with Gasteiger partial charge < -0.3 is 10.5 Å². The standard InChI is InChI=1S/C12H17N3O4S/c13-20(18,19)9-4-5-11(10(8-9)12(16)17)14-15-6-2-1-3-7-15/h4-5,8,14H,1-3,6-7H2,(H,16,17)(H2,13,18,19). The third-order valence-corrected chi connectivity index (χ3v) is 4.10. The maximum atomic E-state index is 11.3. The first kappa shape index (κ1) is 14.8. The zero-order valence-electron chi connectivity index (χ0n) is 10.9. The van der Waals surface area contributed by atoms with Crippen LogP contribution in [0.5, 0.6) is 0 Å². The van der Waals surface area contributed by atoms with Crippen molar-refractivity contribution in [2.75, 3.05) is 18.5 Å². The maximum absolute atomic E-state index is 11.3. The highest BCUT2D eigenvalue weighted by Crippen LogP contribution is 2.21. The lowest BCUT2D eigenvalue weighted by Crippen LogP contribution is -2.35. The third kappa shape index (κ3) is 3.47. The molecule has 2 rings (SSSR count). The normalized spacial score (nSPS) is 16.9. The Kier molecular flexibility index (Phi) is 4.26. The van der Waals surface area contributed by atoms with Gasteiger partial charge in [0.2, 0.25) is 10.0 Å². The van der Waals surface area contributed by atoms with Crippen LogP contribution in [0.4, 0.5) is 5.69 Å². The fourth-order valence-corrected chi connectivity index (χ4v) is 2.69. The molecule has 20 heavy (non-hydrogen) atoms. The van der Waals surface area contributed by atoms with E-state index in [9.17, 15) is 18.3 Å². The van der Waals surface area contributed by atoms with Crippen LogP contribution in [0.2, 0.25) is 0 Å². The molecule has 0 radical (unpaired) electrons. The van der Waals surface area contributed by atoms with Crippen LogP contribution in [0.1, 0.15) is 29.6 Å². The summed E-state index contributed by atoms with van der Waals surface area (Å²) in [6, 6.07) is 3.80. The number of hydrogen-bond acceptors (Lipinski definition) is 5. The number of carboxylic acid groups (broad SMARTS) is 1. The smallest absolute Gasteiger partial charge is 0.337 e. The predicted molar refractivity (Wildman–Crippen MR) is 73.8 cm³/mol. The molecule has 1 fully saturated rings. The maximum Gasteiger partial charge on any atom is 0.337 e. The van der Waals surface area contributed by atoms with Crippen molar-refractivity contribution in [3.8, 4) is 0 Å². The molecule has 0 aliphatic carbocycles. The molecule has 7 nitrogen and oxygen atoms in total. The van der Waals surface area contributed by atoms with E-state index in [1.807, 2.05) is 5.01 Å². The van der Waals surface area contributed by atoms with Gasteiger partial charge >= 0.3 is 5.97 Å². The van der Waals surface area contributed by atoms with Crippen molar-refractivity contribution >= 4 is 21.7 Å². The van der Waals surface area contributed by atoms with Gasteiger partial charge in [0, 0.05) is 13.1 Å². The topological polar surface area (TPSA) is 113 Å². The van der Waals surface area contributed by atoms with Crippen LogP contribution in [-0.2, 0) is 10.0 Å². The summed E-state index contributed by atoms with van der Waals surface area (Å²) in [7, 11) is -3.91. The Balaban J connectivity index is 2.30. The van der Waals surface area contributed by atoms with Crippen molar-refractivity contribution in [1.82, 2.24) is 5.01 Å². The van der Waals surface area contributed by atoms with E-state index in [0.717, 1.165) is 38.4 Å². The van der Waals surface area contributed by atoms with Crippen molar-refractivity contribution in [1.29, 1.82) is 0 Å². The molecule has 0 atom stereocenters. The molecule has 1 aliphatic heterocycles. The van der Waals surface area contributed by atoms with E-state index in [0.29, 0.717) is 5.69 Å². The molecular weight excluding hydrogens is 282 g/mol. The lowest BCUT2D eigenvalue weighted by atomic mass is 10.1. The number of primary sulfonamides is 1. The Morgan fingerprint density at radius 2 is 1.90 bits per heavy atom. The average molecular weight is 299 g/mol. The van der Waals surface area contributed by atoms with Gasteiger partial charge in [0.25, 0.3) is 0 Å². The van der Waals surface area contributed by atoms with Crippen molar-refractivity contribution < 1.29 is 18.3 Å². The third-order valence-electron chi connectivity index (χ3n) is 3.18. The number of hydrogen-bond donors (Lipinski definition) is 3. The molecule has 0 unspecified atom stereocenters. The molecule has 4 N–H and O–H groups in total. The van der Waals surface area contributed by atoms with Gasteiger partial charge in [-0.2, -0.15) is 0 Å². The molecule has 1 heterocycles. The van der Waals surface area contributed by atoms with E-state index >= 15 is 0 Å². The van der Waals surface area contributed by atoms with E-state index in [-0.39, 0.29) is 10.5 Å². The quantitative estimate of drug-likeness (QED) is 0.759. The number of nitrogens with zero attached hydrogens (tertiary/aromatic N) is 1. The zero-order valence-corrected chi connectivity index (χ0v) is 11.7. The average Bonchev–Trinajstić information content (AvgIpc) is 2.38. The number of anilines is 1. The van der Waals surface area contributed by atoms with Gasteiger partial charge in [0.15, 0.2) is 0 Å². The Bertz CT molecular complexity index is 609. The summed E-state index contributed by atoms with van der Waals surface area (Å²) in [5, 5.41) is 16.1. The first-order chi connectivity index (χ1) is 9.38. The van der Waals surface area contributed by atoms with Gasteiger partial charge in [-0.1, -0.05) is 6.42 Å². The summed E-state index contributed by atoms with van der Waals surface area (Å²) >= 11 is 0. The molecule has 0 spiro atoms. The Hall–Kier alpha value is -1.64. The molecule has 0 amide bonds. The molecule has 0 bridgehead atoms. The molecule has 1 aromatic rings. The van der Waals surface area contributed by atoms with Crippen molar-refractivity contribution in [2.45, 2.75) is 24.2 Å². The number of rotatable bonds is 4. The highest BCUT2D eigenvalue weighted by atomic mass is 32.2. The van der Waals surface area contributed by atoms with Crippen LogP contribution in [0.25, 0.3) is 0 Å². The minimum atomic E-state index is -3.91. The summed E-state index contributed by atoms with van der Waals surface area (Å²) in [6.45, 7) is 1.66. The number of nitrogens with one attached hydrogen (secondary N) is 1. The molecule has 110 valence electrons. The van der Waals surface area contributed by atoms with E-state index in [2.05, 4.69) is 5.43 Å². The number of hydrazine groups is 1. The van der Waals surface area contributed by atoms with Crippen molar-refractivity contribution in [3.63, 3.8) is 0 Å². The van der Waals surface area contributed by atoms with E-state index in [1.165, 1.54) is 12.1 Å². The molecule has 0 aromatic heterocycles. The van der Waals surface area contributed by atoms with Gasteiger partial charge in [0.1, 0.15) is 0 Å². The Morgan fingerprint density at radius 3 is 2.45 bits per heavy atom. The van der Waals surface area contributed by atoms with Crippen LogP contribution in [0, 0.1) is 0 Å². The first-order valence-corrected chi connectivity index (χ1v) is 7.84. The number of carbonyl (C=O) groups is 1. The second kappa shape index (κ2) is 5.78. The summed E-state index contributed by atoms with van der Waals surface area (Å²) in [4.78, 5) is 11.0. The number of carboxylic acids is 1. The largest absolute Gasteiger partial charge is 0.478 e. The van der Waals surface area contributed by atoms with E-state index in [4.69, 9.17) is 5.14 Å². The monoisotopic (exact) mass is 299 g/mol. The highest BCUT2D eigenvalue weighted by Gasteiger charge is 2.18. The highest BCUT2D eigenvalue weighted by molar-refractivity contribution is 7.89. The van der Waals surface area contributed by atoms with Gasteiger partial charge in [-0.15, -0.1) is 0 Å². The zero-order chi connectivity index (χ0) is 14.8. The van der Waals surface area contributed by atoms with Crippen LogP contribution >= 0.6 is 0 Å². The van der Waals surface area contributed by atoms with Crippen molar-refractivity contribution in [3.05, 3.63) is 23.8 Å². The predicted octanol–water partition coefficient (Wildman–Crippen LogP) is 0.845. The fourth-order valence-electron chi connectivity index (χ4n) is 2.15. The van der Waals surface area contributed by atoms with Crippen LogP contribution in [-0.4, -0.2) is 37.6 Å². The molecule has 1 aliphatic rings. The lowest BCUT2D eigenvalue weighted by Gasteiger charge is -2.28. The molecule has 1 saturated heterocycles. The minimum absolute atomic E-state index is 0.109. The van der Waals surface area contributed by atoms with Crippen LogP contribution in [0.3, 0.4) is 0 Å². The van der Waals surface area contributed by atoms with Gasteiger partial charge in [-0.3, -0.25) is 0 Å². The van der Waals surface area contributed by atoms with Gasteiger partial charge in [-0.25, -0.2) is 23.4 Å².